The van der Waals surface area contributed by atoms with Crippen molar-refractivity contribution >= 4 is 34.6 Å². The van der Waals surface area contributed by atoms with E-state index in [9.17, 15) is 14.0 Å². The summed E-state index contributed by atoms with van der Waals surface area (Å²) < 4.78 is 21.2. The number of nitrogens with zero attached hydrogens (tertiary/aromatic N) is 4. The molecule has 2 aromatic carbocycles. The molecule has 10 nitrogen and oxygen atoms in total. The first kappa shape index (κ1) is 33.6. The number of fused-ring (bicyclic) bond motifs is 1. The predicted molar refractivity (Wildman–Crippen MR) is 186 cm³/mol. The number of carbonyl (C=O) groups is 1. The van der Waals surface area contributed by atoms with Gasteiger partial charge in [-0.25, -0.2) is 9.50 Å². The summed E-state index contributed by atoms with van der Waals surface area (Å²) in [5, 5.41) is 15.1. The molecule has 1 saturated heterocycles. The number of pyridine rings is 1. The number of carbonyl (C=O) groups excluding carboxylic acids is 1. The molecule has 0 bridgehead atoms. The molecule has 0 saturated carbocycles. The van der Waals surface area contributed by atoms with Gasteiger partial charge in [0, 0.05) is 72.2 Å². The number of halogens is 3. The largest absolute Gasteiger partial charge is 0.481 e. The molecule has 1 atom stereocenters. The highest BCUT2D eigenvalue weighted by Crippen LogP contribution is 2.42. The number of rotatable bonds is 13. The fourth-order valence-electron chi connectivity index (χ4n) is 5.91. The van der Waals surface area contributed by atoms with Crippen molar-refractivity contribution in [1.29, 1.82) is 0 Å². The van der Waals surface area contributed by atoms with Crippen LogP contribution < -0.4 is 26.2 Å². The minimum Gasteiger partial charge on any atom is -0.481 e. The van der Waals surface area contributed by atoms with Gasteiger partial charge in [-0.3, -0.25) is 18.5 Å². The molecule has 13 heteroatoms. The van der Waals surface area contributed by atoms with Crippen LogP contribution in [-0.2, 0) is 24.9 Å². The second-order valence-corrected chi connectivity index (χ2v) is 12.4. The average molecular weight is 693 g/mol. The first-order valence-electron chi connectivity index (χ1n) is 15.8. The molecule has 1 aliphatic heterocycles. The Kier molecular flexibility index (Phi) is 10.4. The Balaban J connectivity index is 1.27. The van der Waals surface area contributed by atoms with Crippen molar-refractivity contribution in [2.45, 2.75) is 38.4 Å². The topological polar surface area (TPSA) is 115 Å². The Bertz CT molecular complexity index is 2030. The van der Waals surface area contributed by atoms with E-state index in [0.29, 0.717) is 72.0 Å². The van der Waals surface area contributed by atoms with Crippen LogP contribution in [-0.4, -0.2) is 58.0 Å². The molecule has 0 spiro atoms. The highest BCUT2D eigenvalue weighted by molar-refractivity contribution is 6.39. The Hall–Kier alpha value is -4.29. The van der Waals surface area contributed by atoms with E-state index in [1.54, 1.807) is 30.9 Å². The van der Waals surface area contributed by atoms with Gasteiger partial charge in [-0.05, 0) is 31.5 Å². The molecular weight excluding hydrogens is 656 g/mol. The van der Waals surface area contributed by atoms with Crippen molar-refractivity contribution in [3.05, 3.63) is 92.6 Å². The van der Waals surface area contributed by atoms with E-state index in [0.717, 1.165) is 39.8 Å². The van der Waals surface area contributed by atoms with Gasteiger partial charge in [-0.15, -0.1) is 0 Å². The average Bonchev–Trinajstić information content (AvgIpc) is 3.71. The summed E-state index contributed by atoms with van der Waals surface area (Å²) in [4.78, 5) is 29.5. The molecule has 0 radical (unpaired) electrons. The lowest BCUT2D eigenvalue weighted by Crippen LogP contribution is -2.35. The fraction of sp³-hybridized carbons (Fsp3) is 0.314. The van der Waals surface area contributed by atoms with Crippen LogP contribution in [0.25, 0.3) is 39.0 Å². The molecule has 4 heterocycles. The molecule has 1 fully saturated rings. The SMILES string of the molecule is COc1nc(-c2cccc(-c3cccc(-c4cc5c(=O)n(C)c(CNCCCF)nn5c4)c3Cl)c2Cl)ccc1CNC[C@@H]1CCC(=O)N1. The molecule has 1 amide bonds. The molecule has 0 aliphatic carbocycles. The first-order chi connectivity index (χ1) is 23.3. The first-order valence-corrected chi connectivity index (χ1v) is 16.5. The summed E-state index contributed by atoms with van der Waals surface area (Å²) in [6.07, 6.45) is 3.56. The minimum absolute atomic E-state index is 0.0893. The Morgan fingerprint density at radius 2 is 1.73 bits per heavy atom. The number of amides is 1. The van der Waals surface area contributed by atoms with Crippen LogP contribution in [0.4, 0.5) is 4.39 Å². The molecule has 1 aliphatic rings. The van der Waals surface area contributed by atoms with Gasteiger partial charge >= 0.3 is 0 Å². The van der Waals surface area contributed by atoms with Gasteiger partial charge in [0.05, 0.1) is 36.1 Å². The maximum absolute atomic E-state index is 13.2. The van der Waals surface area contributed by atoms with E-state index in [1.165, 1.54) is 4.57 Å². The summed E-state index contributed by atoms with van der Waals surface area (Å²) in [5.41, 5.74) is 5.36. The fourth-order valence-corrected chi connectivity index (χ4v) is 6.57. The minimum atomic E-state index is -0.407. The number of alkyl halides is 1. The normalized spacial score (nSPS) is 14.5. The molecule has 3 N–H and O–H groups in total. The maximum Gasteiger partial charge on any atom is 0.277 e. The lowest BCUT2D eigenvalue weighted by Gasteiger charge is -2.15. The van der Waals surface area contributed by atoms with Gasteiger partial charge in [0.1, 0.15) is 11.3 Å². The number of hydrogen-bond acceptors (Lipinski definition) is 7. The van der Waals surface area contributed by atoms with E-state index in [4.69, 9.17) is 32.9 Å². The van der Waals surface area contributed by atoms with E-state index >= 15 is 0 Å². The molecule has 0 unspecified atom stereocenters. The summed E-state index contributed by atoms with van der Waals surface area (Å²) in [6, 6.07) is 17.2. The summed E-state index contributed by atoms with van der Waals surface area (Å²) in [6.45, 7) is 1.62. The van der Waals surface area contributed by atoms with Gasteiger partial charge in [-0.2, -0.15) is 5.10 Å². The summed E-state index contributed by atoms with van der Waals surface area (Å²) >= 11 is 14.1. The smallest absolute Gasteiger partial charge is 0.277 e. The Morgan fingerprint density at radius 3 is 2.44 bits per heavy atom. The summed E-state index contributed by atoms with van der Waals surface area (Å²) in [5.74, 6) is 1.10. The van der Waals surface area contributed by atoms with E-state index in [1.807, 2.05) is 48.5 Å². The highest BCUT2D eigenvalue weighted by Gasteiger charge is 2.21. The number of benzene rings is 2. The number of ether oxygens (including phenoxy) is 1. The zero-order valence-corrected chi connectivity index (χ0v) is 28.2. The van der Waals surface area contributed by atoms with Crippen molar-refractivity contribution < 1.29 is 13.9 Å². The van der Waals surface area contributed by atoms with Gasteiger partial charge in [0.2, 0.25) is 11.8 Å². The van der Waals surface area contributed by atoms with Crippen LogP contribution in [0.15, 0.2) is 65.6 Å². The van der Waals surface area contributed by atoms with Crippen LogP contribution in [0.5, 0.6) is 5.88 Å². The monoisotopic (exact) mass is 691 g/mol. The molecule has 48 heavy (non-hydrogen) atoms. The highest BCUT2D eigenvalue weighted by atomic mass is 35.5. The van der Waals surface area contributed by atoms with Gasteiger partial charge in [0.15, 0.2) is 0 Å². The standard InChI is InChI=1S/C35H36Cl2FN7O3/c1-44-30(19-39-15-5-14-38)43-45-20-22(16-29(45)35(44)47)24-6-3-7-25(32(24)36)26-8-4-9-27(33(26)37)28-12-10-21(34(42-28)48-2)17-40-18-23-11-13-31(46)41-23/h3-4,6-10,12,16,20,23,39-40H,5,11,13-15,17-19H2,1-2H3,(H,41,46)/t23-/m0/s1. The van der Waals surface area contributed by atoms with Crippen LogP contribution in [0, 0.1) is 0 Å². The number of aromatic nitrogens is 4. The van der Waals surface area contributed by atoms with Crippen LogP contribution >= 0.6 is 23.2 Å². The van der Waals surface area contributed by atoms with E-state index in [2.05, 4.69) is 21.0 Å². The Morgan fingerprint density at radius 1 is 1.00 bits per heavy atom. The second kappa shape index (κ2) is 14.9. The van der Waals surface area contributed by atoms with Crippen molar-refractivity contribution in [1.82, 2.24) is 35.1 Å². The predicted octanol–water partition coefficient (Wildman–Crippen LogP) is 5.56. The van der Waals surface area contributed by atoms with Gasteiger partial charge < -0.3 is 20.7 Å². The third-order valence-electron chi connectivity index (χ3n) is 8.50. The molecule has 250 valence electrons. The molecule has 6 rings (SSSR count). The van der Waals surface area contributed by atoms with Crippen LogP contribution in [0.1, 0.15) is 30.7 Å². The van der Waals surface area contributed by atoms with Crippen molar-refractivity contribution in [3.63, 3.8) is 0 Å². The molecule has 3 aromatic heterocycles. The quantitative estimate of drug-likeness (QED) is 0.139. The molecular formula is C35H36Cl2FN7O3. The number of nitrogens with one attached hydrogen (secondary N) is 3. The van der Waals surface area contributed by atoms with Gasteiger partial charge in [0.25, 0.3) is 5.56 Å². The van der Waals surface area contributed by atoms with Crippen molar-refractivity contribution in [2.24, 2.45) is 7.05 Å². The van der Waals surface area contributed by atoms with Gasteiger partial charge in [-0.1, -0.05) is 65.7 Å². The number of hydrogen-bond donors (Lipinski definition) is 3. The third-order valence-corrected chi connectivity index (χ3v) is 9.32. The number of methoxy groups -OCH3 is 1. The molecule has 5 aromatic rings. The lowest BCUT2D eigenvalue weighted by atomic mass is 9.97. The summed E-state index contributed by atoms with van der Waals surface area (Å²) in [7, 11) is 3.25. The second-order valence-electron chi connectivity index (χ2n) is 11.7. The third kappa shape index (κ3) is 6.95. The zero-order chi connectivity index (χ0) is 33.8. The van der Waals surface area contributed by atoms with Crippen molar-refractivity contribution in [2.75, 3.05) is 26.9 Å². The van der Waals surface area contributed by atoms with E-state index < -0.39 is 6.67 Å². The zero-order valence-electron chi connectivity index (χ0n) is 26.7. The van der Waals surface area contributed by atoms with Crippen molar-refractivity contribution in [3.8, 4) is 39.4 Å². The van der Waals surface area contributed by atoms with Crippen LogP contribution in [0.3, 0.4) is 0 Å². The van der Waals surface area contributed by atoms with Crippen LogP contribution in [0.2, 0.25) is 10.0 Å². The Labute approximate surface area is 287 Å². The maximum atomic E-state index is 13.2. The lowest BCUT2D eigenvalue weighted by molar-refractivity contribution is -0.119. The van der Waals surface area contributed by atoms with E-state index in [-0.39, 0.29) is 17.5 Å².